The summed E-state index contributed by atoms with van der Waals surface area (Å²) in [6, 6.07) is 18.3. The first kappa shape index (κ1) is 20.6. The standard InChI is InChI=1S/C28H36N2O/c1-22(29-18-4-5-19-29)23-8-10-24(11-9-23)25-12-14-27(15-13-25)31-28-16-20-30(21-17-28)26-6-2-3-7-26/h8-15,26,28H,1-7,16-21H2. The summed E-state index contributed by atoms with van der Waals surface area (Å²) in [7, 11) is 0. The molecule has 2 aromatic carbocycles. The summed E-state index contributed by atoms with van der Waals surface area (Å²) in [5, 5.41) is 0. The predicted molar refractivity (Wildman–Crippen MR) is 129 cm³/mol. The number of benzene rings is 2. The smallest absolute Gasteiger partial charge is 0.119 e. The molecule has 1 saturated carbocycles. The van der Waals surface area contributed by atoms with Crippen molar-refractivity contribution >= 4 is 5.70 Å². The van der Waals surface area contributed by atoms with E-state index in [-0.39, 0.29) is 0 Å². The Labute approximate surface area is 187 Å². The largest absolute Gasteiger partial charge is 0.490 e. The maximum atomic E-state index is 6.32. The number of hydrogen-bond donors (Lipinski definition) is 0. The Balaban J connectivity index is 1.15. The van der Waals surface area contributed by atoms with Crippen LogP contribution in [0.15, 0.2) is 55.1 Å². The highest BCUT2D eigenvalue weighted by atomic mass is 16.5. The number of piperidine rings is 1. The molecule has 2 saturated heterocycles. The summed E-state index contributed by atoms with van der Waals surface area (Å²) in [6.45, 7) is 8.98. The van der Waals surface area contributed by atoms with E-state index in [9.17, 15) is 0 Å². The molecule has 5 rings (SSSR count). The third kappa shape index (κ3) is 4.82. The molecule has 3 nitrogen and oxygen atoms in total. The number of nitrogens with zero attached hydrogens (tertiary/aromatic N) is 2. The minimum absolute atomic E-state index is 0.361. The van der Waals surface area contributed by atoms with Crippen LogP contribution >= 0.6 is 0 Å². The monoisotopic (exact) mass is 416 g/mol. The Hall–Kier alpha value is -2.26. The van der Waals surface area contributed by atoms with Crippen molar-refractivity contribution in [2.75, 3.05) is 26.2 Å². The molecule has 0 radical (unpaired) electrons. The van der Waals surface area contributed by atoms with Crippen molar-refractivity contribution < 1.29 is 4.74 Å². The molecule has 0 atom stereocenters. The van der Waals surface area contributed by atoms with Gasteiger partial charge in [0, 0.05) is 37.9 Å². The summed E-state index contributed by atoms with van der Waals surface area (Å²) in [4.78, 5) is 5.11. The number of ether oxygens (including phenoxy) is 1. The van der Waals surface area contributed by atoms with E-state index in [0.29, 0.717) is 6.10 Å². The summed E-state index contributed by atoms with van der Waals surface area (Å²) in [5.41, 5.74) is 4.87. The predicted octanol–water partition coefficient (Wildman–Crippen LogP) is 6.21. The van der Waals surface area contributed by atoms with Gasteiger partial charge in [-0.05, 0) is 67.3 Å². The zero-order valence-electron chi connectivity index (χ0n) is 18.8. The van der Waals surface area contributed by atoms with Crippen LogP contribution in [0.5, 0.6) is 5.75 Å². The Morgan fingerprint density at radius 1 is 0.710 bits per heavy atom. The molecular weight excluding hydrogens is 380 g/mol. The van der Waals surface area contributed by atoms with Gasteiger partial charge in [-0.15, -0.1) is 0 Å². The van der Waals surface area contributed by atoms with Crippen LogP contribution in [0.3, 0.4) is 0 Å². The quantitative estimate of drug-likeness (QED) is 0.557. The first-order valence-corrected chi connectivity index (χ1v) is 12.3. The van der Waals surface area contributed by atoms with Crippen LogP contribution in [0.1, 0.15) is 56.9 Å². The Morgan fingerprint density at radius 3 is 1.90 bits per heavy atom. The second-order valence-electron chi connectivity index (χ2n) is 9.53. The van der Waals surface area contributed by atoms with Gasteiger partial charge in [-0.25, -0.2) is 0 Å². The highest BCUT2D eigenvalue weighted by molar-refractivity contribution is 5.69. The number of rotatable bonds is 6. The van der Waals surface area contributed by atoms with Gasteiger partial charge in [-0.3, -0.25) is 0 Å². The summed E-state index contributed by atoms with van der Waals surface area (Å²) >= 11 is 0. The molecule has 0 bridgehead atoms. The van der Waals surface area contributed by atoms with E-state index in [0.717, 1.165) is 43.4 Å². The van der Waals surface area contributed by atoms with Crippen LogP contribution in [0.4, 0.5) is 0 Å². The molecule has 31 heavy (non-hydrogen) atoms. The van der Waals surface area contributed by atoms with Crippen LogP contribution in [-0.4, -0.2) is 48.1 Å². The molecule has 3 fully saturated rings. The van der Waals surface area contributed by atoms with Crippen LogP contribution < -0.4 is 4.74 Å². The second-order valence-corrected chi connectivity index (χ2v) is 9.53. The van der Waals surface area contributed by atoms with Gasteiger partial charge in [0.1, 0.15) is 11.9 Å². The Morgan fingerprint density at radius 2 is 1.29 bits per heavy atom. The van der Waals surface area contributed by atoms with Crippen molar-refractivity contribution in [1.82, 2.24) is 9.80 Å². The van der Waals surface area contributed by atoms with Gasteiger partial charge in [0.05, 0.1) is 0 Å². The first-order chi connectivity index (χ1) is 15.3. The maximum Gasteiger partial charge on any atom is 0.119 e. The lowest BCUT2D eigenvalue weighted by molar-refractivity contribution is 0.0768. The molecule has 0 unspecified atom stereocenters. The van der Waals surface area contributed by atoms with Gasteiger partial charge in [-0.2, -0.15) is 0 Å². The van der Waals surface area contributed by atoms with E-state index in [1.165, 1.54) is 68.3 Å². The maximum absolute atomic E-state index is 6.32. The van der Waals surface area contributed by atoms with Crippen LogP contribution in [0, 0.1) is 0 Å². The Kier molecular flexibility index (Phi) is 6.31. The fraction of sp³-hybridized carbons (Fsp3) is 0.500. The van der Waals surface area contributed by atoms with Gasteiger partial charge in [0.2, 0.25) is 0 Å². The third-order valence-electron chi connectivity index (χ3n) is 7.51. The van der Waals surface area contributed by atoms with E-state index in [1.807, 2.05) is 0 Å². The van der Waals surface area contributed by atoms with Crippen molar-refractivity contribution in [3.63, 3.8) is 0 Å². The van der Waals surface area contributed by atoms with Crippen LogP contribution in [0.2, 0.25) is 0 Å². The van der Waals surface area contributed by atoms with Crippen molar-refractivity contribution in [3.8, 4) is 16.9 Å². The first-order valence-electron chi connectivity index (χ1n) is 12.3. The summed E-state index contributed by atoms with van der Waals surface area (Å²) in [6.07, 6.45) is 10.9. The van der Waals surface area contributed by atoms with E-state index in [2.05, 4.69) is 64.9 Å². The molecule has 1 aliphatic carbocycles. The molecule has 0 spiro atoms. The number of likely N-dealkylation sites (tertiary alicyclic amines) is 2. The molecule has 0 aromatic heterocycles. The zero-order valence-corrected chi connectivity index (χ0v) is 18.8. The van der Waals surface area contributed by atoms with Crippen molar-refractivity contribution in [2.45, 2.75) is 63.5 Å². The van der Waals surface area contributed by atoms with Crippen LogP contribution in [0.25, 0.3) is 16.8 Å². The number of hydrogen-bond acceptors (Lipinski definition) is 3. The van der Waals surface area contributed by atoms with Crippen LogP contribution in [-0.2, 0) is 0 Å². The van der Waals surface area contributed by atoms with E-state index < -0.39 is 0 Å². The molecule has 3 aliphatic rings. The van der Waals surface area contributed by atoms with E-state index >= 15 is 0 Å². The topological polar surface area (TPSA) is 15.7 Å². The zero-order chi connectivity index (χ0) is 21.0. The highest BCUT2D eigenvalue weighted by Gasteiger charge is 2.27. The average Bonchev–Trinajstić information content (AvgIpc) is 3.55. The fourth-order valence-electron chi connectivity index (χ4n) is 5.57. The molecule has 2 aliphatic heterocycles. The van der Waals surface area contributed by atoms with Gasteiger partial charge >= 0.3 is 0 Å². The highest BCUT2D eigenvalue weighted by Crippen LogP contribution is 2.29. The van der Waals surface area contributed by atoms with E-state index in [4.69, 9.17) is 4.74 Å². The minimum Gasteiger partial charge on any atom is -0.490 e. The van der Waals surface area contributed by atoms with Gasteiger partial charge in [-0.1, -0.05) is 55.8 Å². The minimum atomic E-state index is 0.361. The fourth-order valence-corrected chi connectivity index (χ4v) is 5.57. The molecule has 3 heteroatoms. The lowest BCUT2D eigenvalue weighted by Crippen LogP contribution is -2.43. The van der Waals surface area contributed by atoms with Crippen molar-refractivity contribution in [1.29, 1.82) is 0 Å². The molecule has 0 amide bonds. The lowest BCUT2D eigenvalue weighted by atomic mass is 10.0. The molecule has 2 aromatic rings. The van der Waals surface area contributed by atoms with E-state index in [1.54, 1.807) is 0 Å². The molecule has 164 valence electrons. The lowest BCUT2D eigenvalue weighted by Gasteiger charge is -2.36. The summed E-state index contributed by atoms with van der Waals surface area (Å²) < 4.78 is 6.32. The Bertz CT molecular complexity index is 853. The van der Waals surface area contributed by atoms with Gasteiger partial charge in [0.15, 0.2) is 0 Å². The second kappa shape index (κ2) is 9.48. The third-order valence-corrected chi connectivity index (χ3v) is 7.51. The van der Waals surface area contributed by atoms with Gasteiger partial charge in [0.25, 0.3) is 0 Å². The normalized spacial score (nSPS) is 21.0. The van der Waals surface area contributed by atoms with Gasteiger partial charge < -0.3 is 14.5 Å². The molecule has 2 heterocycles. The van der Waals surface area contributed by atoms with Crippen molar-refractivity contribution in [2.24, 2.45) is 0 Å². The summed E-state index contributed by atoms with van der Waals surface area (Å²) in [5.74, 6) is 1.00. The average molecular weight is 417 g/mol. The molecular formula is C28H36N2O. The SMILES string of the molecule is C=C(c1ccc(-c2ccc(OC3CCN(C4CCCC4)CC3)cc2)cc1)N1CCCC1. The van der Waals surface area contributed by atoms with Crippen molar-refractivity contribution in [3.05, 3.63) is 60.7 Å². The molecule has 0 N–H and O–H groups in total.